The van der Waals surface area contributed by atoms with Crippen LogP contribution >= 0.6 is 0 Å². The molecule has 0 aromatic carbocycles. The molecule has 0 heteroatoms. The van der Waals surface area contributed by atoms with Crippen LogP contribution in [0, 0.1) is 40.9 Å². The molecule has 6 atom stereocenters. The minimum Gasteiger partial charge on any atom is -0.0885 e. The van der Waals surface area contributed by atoms with E-state index in [2.05, 4.69) is 64.2 Å². The van der Waals surface area contributed by atoms with Gasteiger partial charge in [0.1, 0.15) is 0 Å². The molecule has 0 N–H and O–H groups in total. The molecule has 32 heavy (non-hydrogen) atoms. The number of rotatable bonds is 0. The van der Waals surface area contributed by atoms with Crippen LogP contribution in [0.5, 0.6) is 0 Å². The van der Waals surface area contributed by atoms with Gasteiger partial charge in [-0.2, -0.15) is 0 Å². The van der Waals surface area contributed by atoms with Gasteiger partial charge < -0.3 is 0 Å². The Kier molecular flexibility index (Phi) is 10.7. The summed E-state index contributed by atoms with van der Waals surface area (Å²) in [4.78, 5) is 0. The van der Waals surface area contributed by atoms with Gasteiger partial charge in [-0.25, -0.2) is 0 Å². The molecule has 0 aliphatic heterocycles. The second-order valence-corrected chi connectivity index (χ2v) is 12.6. The van der Waals surface area contributed by atoms with Crippen molar-refractivity contribution in [3.05, 3.63) is 36.5 Å². The van der Waals surface area contributed by atoms with Crippen LogP contribution in [0.4, 0.5) is 0 Å². The summed E-state index contributed by atoms with van der Waals surface area (Å²) in [5.74, 6) is 5.83. The highest BCUT2D eigenvalue weighted by molar-refractivity contribution is 5.13. The lowest BCUT2D eigenvalue weighted by Gasteiger charge is -2.23. The van der Waals surface area contributed by atoms with Crippen molar-refractivity contribution in [1.82, 2.24) is 0 Å². The Morgan fingerprint density at radius 3 is 1.97 bits per heavy atom. The molecule has 0 nitrogen and oxygen atoms in total. The summed E-state index contributed by atoms with van der Waals surface area (Å²) in [6.07, 6.45) is 35.9. The fourth-order valence-corrected chi connectivity index (χ4v) is 6.75. The van der Waals surface area contributed by atoms with Crippen molar-refractivity contribution < 1.29 is 0 Å². The SMILES string of the molecule is CC12C=CC(CC1)C2.CC1C=CC2CCCC2C1.CC1CC=CCC1.CC1CCCCC1. The van der Waals surface area contributed by atoms with Gasteiger partial charge in [0, 0.05) is 0 Å². The maximum Gasteiger partial charge on any atom is -0.0141 e. The third-order valence-corrected chi connectivity index (χ3v) is 9.09. The highest BCUT2D eigenvalue weighted by Gasteiger charge is 2.36. The van der Waals surface area contributed by atoms with Gasteiger partial charge in [0.25, 0.3) is 0 Å². The Morgan fingerprint density at radius 1 is 0.719 bits per heavy atom. The average molecular weight is 439 g/mol. The van der Waals surface area contributed by atoms with Crippen LogP contribution in [0.3, 0.4) is 0 Å². The monoisotopic (exact) mass is 438 g/mol. The van der Waals surface area contributed by atoms with Crippen LogP contribution < -0.4 is 0 Å². The molecule has 6 unspecified atom stereocenters. The second-order valence-electron chi connectivity index (χ2n) is 12.6. The molecule has 0 radical (unpaired) electrons. The molecule has 0 heterocycles. The minimum absolute atomic E-state index is 0.630. The molecule has 6 aliphatic rings. The van der Waals surface area contributed by atoms with E-state index in [1.807, 2.05) is 0 Å². The zero-order valence-electron chi connectivity index (χ0n) is 22.0. The van der Waals surface area contributed by atoms with Crippen molar-refractivity contribution in [1.29, 1.82) is 0 Å². The summed E-state index contributed by atoms with van der Waals surface area (Å²) in [6, 6.07) is 0. The smallest absolute Gasteiger partial charge is 0.0141 e. The fourth-order valence-electron chi connectivity index (χ4n) is 6.75. The quantitative estimate of drug-likeness (QED) is 0.330. The zero-order valence-corrected chi connectivity index (χ0v) is 22.0. The largest absolute Gasteiger partial charge is 0.0885 e. The Morgan fingerprint density at radius 2 is 1.53 bits per heavy atom. The maximum absolute atomic E-state index is 2.46. The first-order valence-electron chi connectivity index (χ1n) is 14.5. The van der Waals surface area contributed by atoms with E-state index in [0.717, 1.165) is 35.5 Å². The number of hydrogen-bond donors (Lipinski definition) is 0. The topological polar surface area (TPSA) is 0 Å². The molecule has 0 amide bonds. The van der Waals surface area contributed by atoms with Crippen molar-refractivity contribution in [3.63, 3.8) is 0 Å². The molecular formula is C32H54. The van der Waals surface area contributed by atoms with Gasteiger partial charge in [0.2, 0.25) is 0 Å². The summed E-state index contributed by atoms with van der Waals surface area (Å²) >= 11 is 0. The van der Waals surface area contributed by atoms with E-state index in [1.54, 1.807) is 0 Å². The maximum atomic E-state index is 2.46. The second kappa shape index (κ2) is 13.2. The lowest BCUT2D eigenvalue weighted by molar-refractivity contribution is 0.362. The Bertz CT molecular complexity index is 604. The molecule has 0 aromatic rings. The van der Waals surface area contributed by atoms with E-state index in [-0.39, 0.29) is 0 Å². The van der Waals surface area contributed by atoms with Gasteiger partial charge in [0.15, 0.2) is 0 Å². The van der Waals surface area contributed by atoms with Crippen LogP contribution in [0.25, 0.3) is 0 Å². The van der Waals surface area contributed by atoms with Crippen LogP contribution in [0.15, 0.2) is 36.5 Å². The third-order valence-electron chi connectivity index (χ3n) is 9.09. The summed E-state index contributed by atoms with van der Waals surface area (Å²) in [5, 5.41) is 0. The van der Waals surface area contributed by atoms with Crippen LogP contribution in [-0.4, -0.2) is 0 Å². The van der Waals surface area contributed by atoms with Crippen molar-refractivity contribution in [2.24, 2.45) is 40.9 Å². The molecular weight excluding hydrogens is 384 g/mol. The molecule has 3 fully saturated rings. The zero-order chi connectivity index (χ0) is 22.8. The third kappa shape index (κ3) is 8.87. The van der Waals surface area contributed by atoms with E-state index in [1.165, 1.54) is 96.3 Å². The normalized spacial score (nSPS) is 39.2. The summed E-state index contributed by atoms with van der Waals surface area (Å²) in [5.41, 5.74) is 0.630. The van der Waals surface area contributed by atoms with Gasteiger partial charge in [-0.3, -0.25) is 0 Å². The molecule has 6 rings (SSSR count). The number of allylic oxidation sites excluding steroid dienone is 6. The summed E-state index contributed by atoms with van der Waals surface area (Å²) in [7, 11) is 0. The highest BCUT2D eigenvalue weighted by atomic mass is 14.4. The molecule has 0 saturated heterocycles. The van der Waals surface area contributed by atoms with Gasteiger partial charge in [0.05, 0.1) is 0 Å². The fraction of sp³-hybridized carbons (Fsp3) is 0.812. The van der Waals surface area contributed by atoms with Crippen LogP contribution in [0.1, 0.15) is 124 Å². The highest BCUT2D eigenvalue weighted by Crippen LogP contribution is 2.48. The number of hydrogen-bond acceptors (Lipinski definition) is 0. The Labute approximate surface area is 201 Å². The minimum atomic E-state index is 0.630. The van der Waals surface area contributed by atoms with Crippen molar-refractivity contribution in [2.75, 3.05) is 0 Å². The molecule has 2 bridgehead atoms. The van der Waals surface area contributed by atoms with Crippen molar-refractivity contribution in [2.45, 2.75) is 124 Å². The first kappa shape index (κ1) is 25.8. The van der Waals surface area contributed by atoms with Crippen LogP contribution in [-0.2, 0) is 0 Å². The van der Waals surface area contributed by atoms with E-state index in [9.17, 15) is 0 Å². The first-order valence-corrected chi connectivity index (χ1v) is 14.5. The molecule has 0 aromatic heterocycles. The van der Waals surface area contributed by atoms with E-state index < -0.39 is 0 Å². The molecule has 6 aliphatic carbocycles. The van der Waals surface area contributed by atoms with E-state index >= 15 is 0 Å². The first-order chi connectivity index (χ1) is 15.4. The van der Waals surface area contributed by atoms with Gasteiger partial charge in [-0.15, -0.1) is 0 Å². The number of fused-ring (bicyclic) bond motifs is 3. The molecule has 182 valence electrons. The molecule has 0 spiro atoms. The lowest BCUT2D eigenvalue weighted by Crippen LogP contribution is -2.13. The Balaban J connectivity index is 0.000000122. The lowest BCUT2D eigenvalue weighted by atomic mass is 9.82. The van der Waals surface area contributed by atoms with Gasteiger partial charge >= 0.3 is 0 Å². The molecule has 3 saturated carbocycles. The van der Waals surface area contributed by atoms with Crippen LogP contribution in [0.2, 0.25) is 0 Å². The van der Waals surface area contributed by atoms with E-state index in [0.29, 0.717) is 5.41 Å². The summed E-state index contributed by atoms with van der Waals surface area (Å²) in [6.45, 7) is 9.38. The van der Waals surface area contributed by atoms with Crippen molar-refractivity contribution >= 4 is 0 Å². The predicted octanol–water partition coefficient (Wildman–Crippen LogP) is 10.3. The Hall–Kier alpha value is -0.780. The summed E-state index contributed by atoms with van der Waals surface area (Å²) < 4.78 is 0. The van der Waals surface area contributed by atoms with Gasteiger partial charge in [-0.05, 0) is 98.7 Å². The van der Waals surface area contributed by atoms with Crippen molar-refractivity contribution in [3.8, 4) is 0 Å². The predicted molar refractivity (Wildman–Crippen MR) is 143 cm³/mol. The standard InChI is InChI=1S/C10H16.C8H12.C7H14.C7H12/c1-8-5-6-9-3-2-4-10(9)7-8;1-8-4-2-7(6-8)3-5-8;2*1-7-5-3-2-4-6-7/h5-6,8-10H,2-4,7H2,1H3;2,4,7H,3,5-6H2,1H3;7H,2-6H2,1H3;2-3,7H,4-6H2,1H3. The van der Waals surface area contributed by atoms with Gasteiger partial charge in [-0.1, -0.05) is 103 Å². The van der Waals surface area contributed by atoms with E-state index in [4.69, 9.17) is 0 Å². The average Bonchev–Trinajstić information content (AvgIpc) is 3.51.